The zero-order valence-corrected chi connectivity index (χ0v) is 10.7. The Balaban J connectivity index is 2.51. The molecule has 6 heteroatoms. The number of hydrogen-bond acceptors (Lipinski definition) is 4. The van der Waals surface area contributed by atoms with Gasteiger partial charge in [0.25, 0.3) is 0 Å². The van der Waals surface area contributed by atoms with Gasteiger partial charge in [-0.05, 0) is 6.07 Å². The molecular weight excluding hydrogens is 259 g/mol. The molecule has 0 saturated heterocycles. The molecule has 1 aliphatic heterocycles. The van der Waals surface area contributed by atoms with Crippen molar-refractivity contribution in [1.82, 2.24) is 4.90 Å². The van der Waals surface area contributed by atoms with E-state index in [9.17, 15) is 0 Å². The molecule has 0 amide bonds. The molecule has 0 fully saturated rings. The molecule has 1 aliphatic rings. The Labute approximate surface area is 110 Å². The lowest BCUT2D eigenvalue weighted by Gasteiger charge is -2.26. The summed E-state index contributed by atoms with van der Waals surface area (Å²) in [5.74, 6) is 0.361. The first-order chi connectivity index (χ1) is 8.00. The number of aliphatic imine (C=N–C) groups is 1. The van der Waals surface area contributed by atoms with Crippen LogP contribution in [-0.4, -0.2) is 24.1 Å². The van der Waals surface area contributed by atoms with Crippen LogP contribution in [0, 0.1) is 0 Å². The molecular formula is C11H12Cl2N4. The van der Waals surface area contributed by atoms with Gasteiger partial charge in [-0.2, -0.15) is 0 Å². The van der Waals surface area contributed by atoms with E-state index in [-0.39, 0.29) is 0 Å². The number of nitrogens with zero attached hydrogens (tertiary/aromatic N) is 2. The van der Waals surface area contributed by atoms with Gasteiger partial charge in [0.05, 0.1) is 10.0 Å². The lowest BCUT2D eigenvalue weighted by Crippen LogP contribution is -2.39. The van der Waals surface area contributed by atoms with Crippen molar-refractivity contribution in [3.05, 3.63) is 40.0 Å². The average Bonchev–Trinajstić information content (AvgIpc) is 2.28. The number of benzene rings is 1. The van der Waals surface area contributed by atoms with Crippen LogP contribution in [-0.2, 0) is 0 Å². The summed E-state index contributed by atoms with van der Waals surface area (Å²) in [7, 11) is 1.82. The Hall–Kier alpha value is -1.23. The van der Waals surface area contributed by atoms with Gasteiger partial charge in [0.15, 0.2) is 6.29 Å². The standard InChI is InChI=1S/C11H12Cl2N4/c1-17-5-7(10(14)16-11(17)15)6-3-2-4-8(12)9(6)13/h2-5,11H,15H2,1H3,(H2,14,16). The third-order valence-corrected chi connectivity index (χ3v) is 3.36. The van der Waals surface area contributed by atoms with E-state index in [0.717, 1.165) is 11.1 Å². The predicted octanol–water partition coefficient (Wildman–Crippen LogP) is 1.88. The highest BCUT2D eigenvalue weighted by atomic mass is 35.5. The molecule has 90 valence electrons. The van der Waals surface area contributed by atoms with Crippen molar-refractivity contribution < 1.29 is 0 Å². The molecule has 0 aliphatic carbocycles. The van der Waals surface area contributed by atoms with Crippen LogP contribution >= 0.6 is 23.2 Å². The lowest BCUT2D eigenvalue weighted by atomic mass is 10.1. The van der Waals surface area contributed by atoms with Gasteiger partial charge in [-0.1, -0.05) is 35.3 Å². The van der Waals surface area contributed by atoms with Crippen LogP contribution in [0.3, 0.4) is 0 Å². The van der Waals surface area contributed by atoms with Crippen molar-refractivity contribution >= 4 is 34.6 Å². The molecule has 1 aromatic carbocycles. The van der Waals surface area contributed by atoms with Crippen LogP contribution in [0.15, 0.2) is 29.4 Å². The fourth-order valence-corrected chi connectivity index (χ4v) is 1.97. The summed E-state index contributed by atoms with van der Waals surface area (Å²) in [5, 5.41) is 0.942. The molecule has 0 spiro atoms. The zero-order chi connectivity index (χ0) is 12.6. The SMILES string of the molecule is CN1C=C(c2cccc(Cl)c2Cl)C(N)=NC1N. The largest absolute Gasteiger partial charge is 0.383 e. The van der Waals surface area contributed by atoms with Crippen LogP contribution in [0.2, 0.25) is 10.0 Å². The Morgan fingerprint density at radius 2 is 2.06 bits per heavy atom. The fraction of sp³-hybridized carbons (Fsp3) is 0.182. The second-order valence-corrected chi connectivity index (χ2v) is 4.52. The summed E-state index contributed by atoms with van der Waals surface area (Å²) in [6, 6.07) is 5.37. The maximum atomic E-state index is 6.14. The van der Waals surface area contributed by atoms with Gasteiger partial charge in [0.1, 0.15) is 5.84 Å². The van der Waals surface area contributed by atoms with Crippen LogP contribution in [0.25, 0.3) is 5.57 Å². The van der Waals surface area contributed by atoms with E-state index in [1.165, 1.54) is 0 Å². The van der Waals surface area contributed by atoms with Gasteiger partial charge >= 0.3 is 0 Å². The van der Waals surface area contributed by atoms with Crippen molar-refractivity contribution in [3.63, 3.8) is 0 Å². The Morgan fingerprint density at radius 1 is 1.35 bits per heavy atom. The number of nitrogens with two attached hydrogens (primary N) is 2. The average molecular weight is 271 g/mol. The van der Waals surface area contributed by atoms with E-state index in [4.69, 9.17) is 34.7 Å². The minimum absolute atomic E-state index is 0.361. The van der Waals surface area contributed by atoms with Crippen molar-refractivity contribution in [1.29, 1.82) is 0 Å². The van der Waals surface area contributed by atoms with Crippen molar-refractivity contribution in [2.45, 2.75) is 6.29 Å². The van der Waals surface area contributed by atoms with Gasteiger partial charge in [-0.25, -0.2) is 4.99 Å². The van der Waals surface area contributed by atoms with Crippen molar-refractivity contribution in [3.8, 4) is 0 Å². The highest BCUT2D eigenvalue weighted by Gasteiger charge is 2.19. The summed E-state index contributed by atoms with van der Waals surface area (Å²) in [4.78, 5) is 5.87. The number of rotatable bonds is 1. The molecule has 0 saturated carbocycles. The molecule has 1 atom stereocenters. The molecule has 1 heterocycles. The molecule has 1 aromatic rings. The van der Waals surface area contributed by atoms with Gasteiger partial charge in [-0.15, -0.1) is 0 Å². The second-order valence-electron chi connectivity index (χ2n) is 3.74. The molecule has 0 radical (unpaired) electrons. The molecule has 17 heavy (non-hydrogen) atoms. The topological polar surface area (TPSA) is 67.6 Å². The lowest BCUT2D eigenvalue weighted by molar-refractivity contribution is 0.345. The van der Waals surface area contributed by atoms with E-state index in [1.807, 2.05) is 25.4 Å². The van der Waals surface area contributed by atoms with E-state index in [1.54, 1.807) is 11.0 Å². The maximum absolute atomic E-state index is 6.14. The highest BCUT2D eigenvalue weighted by molar-refractivity contribution is 6.44. The van der Waals surface area contributed by atoms with Crippen LogP contribution in [0.5, 0.6) is 0 Å². The van der Waals surface area contributed by atoms with Crippen LogP contribution < -0.4 is 11.5 Å². The van der Waals surface area contributed by atoms with E-state index in [2.05, 4.69) is 4.99 Å². The third kappa shape index (κ3) is 2.24. The highest BCUT2D eigenvalue weighted by Crippen LogP contribution is 2.31. The van der Waals surface area contributed by atoms with E-state index >= 15 is 0 Å². The second kappa shape index (κ2) is 4.56. The first-order valence-electron chi connectivity index (χ1n) is 4.98. The number of halogens is 2. The minimum Gasteiger partial charge on any atom is -0.383 e. The Morgan fingerprint density at radius 3 is 2.76 bits per heavy atom. The summed E-state index contributed by atoms with van der Waals surface area (Å²) in [6.45, 7) is 0. The molecule has 2 rings (SSSR count). The first kappa shape index (κ1) is 12.2. The van der Waals surface area contributed by atoms with Gasteiger partial charge in [0, 0.05) is 24.4 Å². The quantitative estimate of drug-likeness (QED) is 0.819. The van der Waals surface area contributed by atoms with Gasteiger partial charge in [0.2, 0.25) is 0 Å². The summed E-state index contributed by atoms with van der Waals surface area (Å²) in [6.07, 6.45) is 1.35. The van der Waals surface area contributed by atoms with E-state index in [0.29, 0.717) is 15.9 Å². The van der Waals surface area contributed by atoms with Crippen molar-refractivity contribution in [2.75, 3.05) is 7.05 Å². The number of hydrogen-bond donors (Lipinski definition) is 2. The molecule has 0 bridgehead atoms. The van der Waals surface area contributed by atoms with Gasteiger partial charge < -0.3 is 10.6 Å². The first-order valence-corrected chi connectivity index (χ1v) is 5.73. The minimum atomic E-state index is -0.461. The van der Waals surface area contributed by atoms with E-state index < -0.39 is 6.29 Å². The molecule has 1 unspecified atom stereocenters. The predicted molar refractivity (Wildman–Crippen MR) is 71.8 cm³/mol. The third-order valence-electron chi connectivity index (χ3n) is 2.54. The normalized spacial score (nSPS) is 20.0. The monoisotopic (exact) mass is 270 g/mol. The number of amidine groups is 1. The Bertz CT molecular complexity index is 510. The fourth-order valence-electron chi connectivity index (χ4n) is 1.57. The molecule has 4 nitrogen and oxygen atoms in total. The van der Waals surface area contributed by atoms with Crippen LogP contribution in [0.4, 0.5) is 0 Å². The Kier molecular flexibility index (Phi) is 3.28. The molecule has 0 aromatic heterocycles. The summed E-state index contributed by atoms with van der Waals surface area (Å²) < 4.78 is 0. The smallest absolute Gasteiger partial charge is 0.175 e. The summed E-state index contributed by atoms with van der Waals surface area (Å²) in [5.41, 5.74) is 13.1. The van der Waals surface area contributed by atoms with Gasteiger partial charge in [-0.3, -0.25) is 5.73 Å². The summed E-state index contributed by atoms with van der Waals surface area (Å²) >= 11 is 12.1. The van der Waals surface area contributed by atoms with Crippen LogP contribution in [0.1, 0.15) is 5.56 Å². The zero-order valence-electron chi connectivity index (χ0n) is 9.19. The van der Waals surface area contributed by atoms with Crippen molar-refractivity contribution in [2.24, 2.45) is 16.5 Å². The molecule has 4 N–H and O–H groups in total. The maximum Gasteiger partial charge on any atom is 0.175 e.